The van der Waals surface area contributed by atoms with Crippen molar-refractivity contribution in [3.05, 3.63) is 23.8 Å². The van der Waals surface area contributed by atoms with E-state index < -0.39 is 40.9 Å². The van der Waals surface area contributed by atoms with E-state index >= 15 is 0 Å². The van der Waals surface area contributed by atoms with Gasteiger partial charge in [0.05, 0.1) is 11.5 Å². The molecule has 0 aromatic carbocycles. The van der Waals surface area contributed by atoms with Gasteiger partial charge in [-0.25, -0.2) is 0 Å². The molecule has 0 radical (unpaired) electrons. The minimum absolute atomic E-state index is 0.00305. The molecule has 7 atom stereocenters. The summed E-state index contributed by atoms with van der Waals surface area (Å²) in [6, 6.07) is 0. The fraction of sp³-hybridized carbons (Fsp3) is 0.731. The summed E-state index contributed by atoms with van der Waals surface area (Å²) in [6.07, 6.45) is 7.48. The summed E-state index contributed by atoms with van der Waals surface area (Å²) in [5, 5.41) is 23.0. The number of ketones is 2. The number of Topliss-reactive ketones (excluding diaryl/α,β-unsaturated/α-hetero) is 1. The fourth-order valence-corrected chi connectivity index (χ4v) is 7.26. The van der Waals surface area contributed by atoms with Crippen LogP contribution in [0.25, 0.3) is 0 Å². The van der Waals surface area contributed by atoms with Gasteiger partial charge in [0, 0.05) is 16.7 Å². The van der Waals surface area contributed by atoms with Crippen LogP contribution in [0.2, 0.25) is 0 Å². The smallest absolute Gasteiger partial charge is 0.311 e. The molecule has 0 heterocycles. The van der Waals surface area contributed by atoms with E-state index in [1.807, 2.05) is 13.0 Å². The summed E-state index contributed by atoms with van der Waals surface area (Å²) in [7, 11) is 0. The zero-order valence-electron chi connectivity index (χ0n) is 19.8. The molecule has 3 fully saturated rings. The third-order valence-corrected chi connectivity index (χ3v) is 9.06. The highest BCUT2D eigenvalue weighted by Gasteiger charge is 2.68. The van der Waals surface area contributed by atoms with E-state index in [0.29, 0.717) is 19.3 Å². The number of carbonyl (C=O) groups excluding carboxylic acids is 3. The van der Waals surface area contributed by atoms with Gasteiger partial charge >= 0.3 is 5.97 Å². The van der Waals surface area contributed by atoms with E-state index in [1.165, 1.54) is 0 Å². The highest BCUT2D eigenvalue weighted by Crippen LogP contribution is 2.67. The molecule has 0 amide bonds. The lowest BCUT2D eigenvalue weighted by atomic mass is 9.46. The van der Waals surface area contributed by atoms with Gasteiger partial charge in [-0.1, -0.05) is 25.5 Å². The molecule has 32 heavy (non-hydrogen) atoms. The SMILES string of the molecule is CC(C)(C)C(=O)OCC(=O)[C@@]1(O)CC[C@H]2[C@@H]3CCC4=CC(=O)C=C[C@]4(C)[C@H]3[C@@H](O)C[C@@]21C. The summed E-state index contributed by atoms with van der Waals surface area (Å²) in [4.78, 5) is 37.3. The number of aliphatic hydroxyl groups excluding tert-OH is 1. The Hall–Kier alpha value is -1.79. The molecule has 4 aliphatic carbocycles. The molecule has 4 aliphatic rings. The highest BCUT2D eigenvalue weighted by molar-refractivity contribution is 6.01. The van der Waals surface area contributed by atoms with E-state index in [4.69, 9.17) is 4.74 Å². The maximum Gasteiger partial charge on any atom is 0.311 e. The van der Waals surface area contributed by atoms with Gasteiger partial charge in [-0.15, -0.1) is 0 Å². The van der Waals surface area contributed by atoms with Gasteiger partial charge in [0.2, 0.25) is 5.78 Å². The fourth-order valence-electron chi connectivity index (χ4n) is 7.26. The van der Waals surface area contributed by atoms with Crippen molar-refractivity contribution in [3.8, 4) is 0 Å². The molecule has 3 saturated carbocycles. The molecule has 0 bridgehead atoms. The van der Waals surface area contributed by atoms with Crippen LogP contribution in [0.5, 0.6) is 0 Å². The van der Waals surface area contributed by atoms with Crippen molar-refractivity contribution in [3.63, 3.8) is 0 Å². The van der Waals surface area contributed by atoms with Crippen molar-refractivity contribution in [1.29, 1.82) is 0 Å². The number of ether oxygens (including phenoxy) is 1. The first-order valence-electron chi connectivity index (χ1n) is 11.8. The average molecular weight is 445 g/mol. The van der Waals surface area contributed by atoms with Crippen molar-refractivity contribution < 1.29 is 29.3 Å². The Bertz CT molecular complexity index is 910. The van der Waals surface area contributed by atoms with Crippen molar-refractivity contribution >= 4 is 17.5 Å². The van der Waals surface area contributed by atoms with Crippen molar-refractivity contribution in [2.45, 2.75) is 78.4 Å². The summed E-state index contributed by atoms with van der Waals surface area (Å²) in [5.41, 5.74) is -2.45. The number of aliphatic hydroxyl groups is 2. The molecular weight excluding hydrogens is 408 g/mol. The van der Waals surface area contributed by atoms with Gasteiger partial charge in [0.15, 0.2) is 12.4 Å². The second kappa shape index (κ2) is 7.36. The van der Waals surface area contributed by atoms with Crippen LogP contribution in [0.15, 0.2) is 23.8 Å². The largest absolute Gasteiger partial charge is 0.457 e. The van der Waals surface area contributed by atoms with E-state index in [2.05, 4.69) is 6.92 Å². The zero-order valence-corrected chi connectivity index (χ0v) is 19.8. The first-order chi connectivity index (χ1) is 14.7. The highest BCUT2D eigenvalue weighted by atomic mass is 16.5. The third kappa shape index (κ3) is 3.25. The molecular formula is C26H36O6. The average Bonchev–Trinajstić information content (AvgIpc) is 2.97. The zero-order chi connectivity index (χ0) is 23.7. The van der Waals surface area contributed by atoms with Crippen molar-refractivity contribution in [2.75, 3.05) is 6.61 Å². The number of carbonyl (C=O) groups is 3. The topological polar surface area (TPSA) is 101 Å². The first-order valence-corrected chi connectivity index (χ1v) is 11.8. The van der Waals surface area contributed by atoms with Gasteiger partial charge in [0.1, 0.15) is 5.60 Å². The molecule has 6 heteroatoms. The van der Waals surface area contributed by atoms with Gasteiger partial charge in [-0.05, 0) is 76.9 Å². The summed E-state index contributed by atoms with van der Waals surface area (Å²) in [5.74, 6) is -0.791. The third-order valence-electron chi connectivity index (χ3n) is 9.06. The Morgan fingerprint density at radius 3 is 2.56 bits per heavy atom. The second-order valence-electron chi connectivity index (χ2n) is 11.9. The standard InChI is InChI=1S/C26H36O6/c1-23(2,3)22(30)32-14-20(29)26(31)11-9-18-17-7-6-15-12-16(27)8-10-24(15,4)21(17)19(28)13-25(18,26)5/h8,10,12,17-19,21,28,31H,6-7,9,11,13-14H2,1-5H3/t17-,18-,19-,21+,24-,25-,26-/m0/s1. The minimum atomic E-state index is -1.63. The maximum absolute atomic E-state index is 13.2. The molecule has 4 rings (SSSR count). The molecule has 0 unspecified atom stereocenters. The van der Waals surface area contributed by atoms with E-state index in [-0.39, 0.29) is 29.0 Å². The lowest BCUT2D eigenvalue weighted by Gasteiger charge is -2.59. The number of hydrogen-bond donors (Lipinski definition) is 2. The monoisotopic (exact) mass is 444 g/mol. The van der Waals surface area contributed by atoms with Crippen LogP contribution in [-0.4, -0.2) is 46.1 Å². The number of hydrogen-bond acceptors (Lipinski definition) is 6. The summed E-state index contributed by atoms with van der Waals surface area (Å²) in [6.45, 7) is 8.73. The van der Waals surface area contributed by atoms with Crippen molar-refractivity contribution in [1.82, 2.24) is 0 Å². The first kappa shape index (κ1) is 23.4. The Morgan fingerprint density at radius 2 is 1.91 bits per heavy atom. The van der Waals surface area contributed by atoms with Crippen LogP contribution in [0, 0.1) is 34.0 Å². The molecule has 0 aromatic heterocycles. The number of rotatable bonds is 3. The Kier molecular flexibility index (Phi) is 5.37. The molecule has 2 N–H and O–H groups in total. The molecule has 0 aliphatic heterocycles. The number of fused-ring (bicyclic) bond motifs is 5. The number of allylic oxidation sites excluding steroid dienone is 4. The minimum Gasteiger partial charge on any atom is -0.457 e. The lowest BCUT2D eigenvalue weighted by Crippen LogP contribution is -2.61. The van der Waals surface area contributed by atoms with Gasteiger partial charge < -0.3 is 14.9 Å². The predicted octanol–water partition coefficient (Wildman–Crippen LogP) is 3.15. The Morgan fingerprint density at radius 1 is 1.22 bits per heavy atom. The molecule has 176 valence electrons. The second-order valence-corrected chi connectivity index (χ2v) is 11.9. The van der Waals surface area contributed by atoms with Crippen molar-refractivity contribution in [2.24, 2.45) is 34.0 Å². The van der Waals surface area contributed by atoms with Gasteiger partial charge in [0.25, 0.3) is 0 Å². The van der Waals surface area contributed by atoms with Crippen LogP contribution in [0.1, 0.15) is 66.7 Å². The predicted molar refractivity (Wildman–Crippen MR) is 118 cm³/mol. The van der Waals surface area contributed by atoms with Crippen LogP contribution in [0.3, 0.4) is 0 Å². The Balaban J connectivity index is 1.60. The van der Waals surface area contributed by atoms with E-state index in [9.17, 15) is 24.6 Å². The van der Waals surface area contributed by atoms with Gasteiger partial charge in [-0.3, -0.25) is 14.4 Å². The van der Waals surface area contributed by atoms with E-state index in [0.717, 1.165) is 18.4 Å². The summed E-state index contributed by atoms with van der Waals surface area (Å²) < 4.78 is 5.24. The lowest BCUT2D eigenvalue weighted by molar-refractivity contribution is -0.182. The number of esters is 1. The van der Waals surface area contributed by atoms with Crippen LogP contribution < -0.4 is 0 Å². The summed E-state index contributed by atoms with van der Waals surface area (Å²) >= 11 is 0. The molecule has 6 nitrogen and oxygen atoms in total. The molecule has 0 saturated heterocycles. The van der Waals surface area contributed by atoms with Crippen LogP contribution >= 0.6 is 0 Å². The molecule has 0 aromatic rings. The normalized spacial score (nSPS) is 43.1. The quantitative estimate of drug-likeness (QED) is 0.649. The maximum atomic E-state index is 13.2. The van der Waals surface area contributed by atoms with Crippen LogP contribution in [-0.2, 0) is 19.1 Å². The molecule has 0 spiro atoms. The van der Waals surface area contributed by atoms with E-state index in [1.54, 1.807) is 32.9 Å². The Labute approximate surface area is 190 Å². The van der Waals surface area contributed by atoms with Crippen LogP contribution in [0.4, 0.5) is 0 Å². The van der Waals surface area contributed by atoms with Gasteiger partial charge in [-0.2, -0.15) is 0 Å².